The minimum atomic E-state index is -0.196. The molecule has 0 aliphatic heterocycles. The van der Waals surface area contributed by atoms with Gasteiger partial charge in [0, 0.05) is 6.92 Å². The minimum Gasteiger partial charge on any atom is -0.463 e. The molecular weight excluding hydrogens is 267 g/mol. The standard InChI is InChI=1S/C9H15IO2/c1-7(6-10)4-5-8(2)12-9(3)11/h6,8H,4-5H2,1-3H3/b7-6+/t8-/m0/s1. The maximum absolute atomic E-state index is 10.5. The Bertz CT molecular complexity index is 175. The fourth-order valence-corrected chi connectivity index (χ4v) is 1.14. The van der Waals surface area contributed by atoms with Gasteiger partial charge in [0.15, 0.2) is 0 Å². The summed E-state index contributed by atoms with van der Waals surface area (Å²) in [6.07, 6.45) is 1.94. The van der Waals surface area contributed by atoms with Crippen molar-refractivity contribution in [3.8, 4) is 0 Å². The number of halogens is 1. The average molecular weight is 282 g/mol. The van der Waals surface area contributed by atoms with E-state index >= 15 is 0 Å². The van der Waals surface area contributed by atoms with Gasteiger partial charge in [-0.25, -0.2) is 0 Å². The molecule has 12 heavy (non-hydrogen) atoms. The summed E-state index contributed by atoms with van der Waals surface area (Å²) < 4.78 is 7.03. The molecule has 0 spiro atoms. The minimum absolute atomic E-state index is 0.0359. The van der Waals surface area contributed by atoms with Crippen LogP contribution in [-0.4, -0.2) is 12.1 Å². The van der Waals surface area contributed by atoms with E-state index in [9.17, 15) is 4.79 Å². The summed E-state index contributed by atoms with van der Waals surface area (Å²) >= 11 is 2.22. The lowest BCUT2D eigenvalue weighted by molar-refractivity contribution is -0.145. The van der Waals surface area contributed by atoms with Crippen LogP contribution in [-0.2, 0) is 9.53 Å². The van der Waals surface area contributed by atoms with Gasteiger partial charge < -0.3 is 4.74 Å². The fourth-order valence-electron chi connectivity index (χ4n) is 0.828. The van der Waals surface area contributed by atoms with Gasteiger partial charge in [0.2, 0.25) is 0 Å². The molecule has 0 amide bonds. The predicted octanol–water partition coefficient (Wildman–Crippen LogP) is 3.06. The number of ether oxygens (including phenoxy) is 1. The summed E-state index contributed by atoms with van der Waals surface area (Å²) in [7, 11) is 0. The molecular formula is C9H15IO2. The quantitative estimate of drug-likeness (QED) is 0.585. The van der Waals surface area contributed by atoms with Gasteiger partial charge in [0.1, 0.15) is 0 Å². The molecule has 0 aliphatic carbocycles. The first-order chi connectivity index (χ1) is 5.56. The molecule has 0 bridgehead atoms. The van der Waals surface area contributed by atoms with Crippen LogP contribution in [0.4, 0.5) is 0 Å². The van der Waals surface area contributed by atoms with Crippen LogP contribution in [0.2, 0.25) is 0 Å². The Labute approximate surface area is 87.5 Å². The Hall–Kier alpha value is -0.0600. The average Bonchev–Trinajstić information content (AvgIpc) is 1.99. The first-order valence-electron chi connectivity index (χ1n) is 3.99. The fraction of sp³-hybridized carbons (Fsp3) is 0.667. The van der Waals surface area contributed by atoms with Crippen LogP contribution in [0.1, 0.15) is 33.6 Å². The van der Waals surface area contributed by atoms with Crippen LogP contribution in [0.15, 0.2) is 9.66 Å². The van der Waals surface area contributed by atoms with Crippen molar-refractivity contribution in [3.05, 3.63) is 9.66 Å². The Morgan fingerprint density at radius 2 is 2.17 bits per heavy atom. The second-order valence-electron chi connectivity index (χ2n) is 2.91. The highest BCUT2D eigenvalue weighted by Gasteiger charge is 2.04. The Balaban J connectivity index is 3.57. The molecule has 0 aromatic heterocycles. The molecule has 0 fully saturated rings. The number of esters is 1. The highest BCUT2D eigenvalue weighted by atomic mass is 127. The molecule has 0 radical (unpaired) electrons. The van der Waals surface area contributed by atoms with Crippen molar-refractivity contribution in [1.29, 1.82) is 0 Å². The van der Waals surface area contributed by atoms with Crippen molar-refractivity contribution in [1.82, 2.24) is 0 Å². The van der Waals surface area contributed by atoms with E-state index in [0.29, 0.717) is 0 Å². The summed E-state index contributed by atoms with van der Waals surface area (Å²) in [4.78, 5) is 10.5. The highest BCUT2D eigenvalue weighted by Crippen LogP contribution is 2.10. The van der Waals surface area contributed by atoms with Gasteiger partial charge in [0.25, 0.3) is 0 Å². The van der Waals surface area contributed by atoms with Gasteiger partial charge in [-0.1, -0.05) is 28.2 Å². The van der Waals surface area contributed by atoms with E-state index < -0.39 is 0 Å². The molecule has 0 unspecified atom stereocenters. The SMILES string of the molecule is CC(=O)O[C@@H](C)CC/C(C)=C/I. The van der Waals surface area contributed by atoms with E-state index in [1.165, 1.54) is 12.5 Å². The normalized spacial score (nSPS) is 14.2. The molecule has 0 aliphatic rings. The second kappa shape index (κ2) is 6.46. The van der Waals surface area contributed by atoms with E-state index in [1.54, 1.807) is 0 Å². The molecule has 0 rings (SSSR count). The Morgan fingerprint density at radius 1 is 1.58 bits per heavy atom. The number of hydrogen-bond acceptors (Lipinski definition) is 2. The van der Waals surface area contributed by atoms with E-state index in [2.05, 4.69) is 33.6 Å². The second-order valence-corrected chi connectivity index (χ2v) is 3.54. The summed E-state index contributed by atoms with van der Waals surface area (Å²) in [6.45, 7) is 5.44. The van der Waals surface area contributed by atoms with Crippen molar-refractivity contribution < 1.29 is 9.53 Å². The number of allylic oxidation sites excluding steroid dienone is 1. The molecule has 3 heteroatoms. The van der Waals surface area contributed by atoms with Crippen molar-refractivity contribution in [2.75, 3.05) is 0 Å². The number of carbonyl (C=O) groups excluding carboxylic acids is 1. The van der Waals surface area contributed by atoms with Crippen LogP contribution >= 0.6 is 22.6 Å². The molecule has 0 N–H and O–H groups in total. The summed E-state index contributed by atoms with van der Waals surface area (Å²) in [6, 6.07) is 0. The lowest BCUT2D eigenvalue weighted by atomic mass is 10.1. The summed E-state index contributed by atoms with van der Waals surface area (Å²) in [5, 5.41) is 0. The van der Waals surface area contributed by atoms with Gasteiger partial charge in [-0.05, 0) is 30.8 Å². The number of carbonyl (C=O) groups is 1. The molecule has 0 aromatic carbocycles. The van der Waals surface area contributed by atoms with Crippen molar-refractivity contribution in [3.63, 3.8) is 0 Å². The van der Waals surface area contributed by atoms with Crippen molar-refractivity contribution in [2.24, 2.45) is 0 Å². The topological polar surface area (TPSA) is 26.3 Å². The van der Waals surface area contributed by atoms with E-state index in [0.717, 1.165) is 12.8 Å². The molecule has 70 valence electrons. The molecule has 0 saturated heterocycles. The van der Waals surface area contributed by atoms with Crippen LogP contribution in [0.25, 0.3) is 0 Å². The van der Waals surface area contributed by atoms with Crippen molar-refractivity contribution >= 4 is 28.6 Å². The van der Waals surface area contributed by atoms with Gasteiger partial charge in [0.05, 0.1) is 6.10 Å². The third kappa shape index (κ3) is 6.64. The van der Waals surface area contributed by atoms with Crippen LogP contribution < -0.4 is 0 Å². The Kier molecular flexibility index (Phi) is 6.42. The zero-order valence-electron chi connectivity index (χ0n) is 7.76. The zero-order valence-corrected chi connectivity index (χ0v) is 9.92. The number of hydrogen-bond donors (Lipinski definition) is 0. The third-order valence-electron chi connectivity index (χ3n) is 1.50. The zero-order chi connectivity index (χ0) is 9.56. The van der Waals surface area contributed by atoms with Gasteiger partial charge >= 0.3 is 5.97 Å². The molecule has 0 heterocycles. The predicted molar refractivity (Wildman–Crippen MR) is 58.2 cm³/mol. The highest BCUT2D eigenvalue weighted by molar-refractivity contribution is 14.1. The number of rotatable bonds is 4. The van der Waals surface area contributed by atoms with Crippen LogP contribution in [0.3, 0.4) is 0 Å². The van der Waals surface area contributed by atoms with Gasteiger partial charge in [-0.15, -0.1) is 0 Å². The smallest absolute Gasteiger partial charge is 0.302 e. The van der Waals surface area contributed by atoms with Gasteiger partial charge in [-0.2, -0.15) is 0 Å². The maximum atomic E-state index is 10.5. The summed E-state index contributed by atoms with van der Waals surface area (Å²) in [5.74, 6) is -0.196. The lowest BCUT2D eigenvalue weighted by Crippen LogP contribution is -2.11. The Morgan fingerprint density at radius 3 is 2.58 bits per heavy atom. The first kappa shape index (κ1) is 11.9. The summed E-state index contributed by atoms with van der Waals surface area (Å²) in [5.41, 5.74) is 1.33. The largest absolute Gasteiger partial charge is 0.463 e. The lowest BCUT2D eigenvalue weighted by Gasteiger charge is -2.10. The van der Waals surface area contributed by atoms with Crippen LogP contribution in [0, 0.1) is 0 Å². The van der Waals surface area contributed by atoms with Crippen molar-refractivity contribution in [2.45, 2.75) is 39.7 Å². The molecule has 0 aromatic rings. The van der Waals surface area contributed by atoms with Gasteiger partial charge in [-0.3, -0.25) is 4.79 Å². The molecule has 1 atom stereocenters. The monoisotopic (exact) mass is 282 g/mol. The van der Waals surface area contributed by atoms with E-state index in [4.69, 9.17) is 4.74 Å². The maximum Gasteiger partial charge on any atom is 0.302 e. The van der Waals surface area contributed by atoms with Crippen LogP contribution in [0.5, 0.6) is 0 Å². The molecule has 2 nitrogen and oxygen atoms in total. The third-order valence-corrected chi connectivity index (χ3v) is 2.56. The first-order valence-corrected chi connectivity index (χ1v) is 5.24. The van der Waals surface area contributed by atoms with E-state index in [1.807, 2.05) is 6.92 Å². The molecule has 0 saturated carbocycles. The van der Waals surface area contributed by atoms with E-state index in [-0.39, 0.29) is 12.1 Å².